The molecular formula is C11H16F6NOP. The number of rotatable bonds is 1. The van der Waals surface area contributed by atoms with Gasteiger partial charge in [0.25, 0.3) is 0 Å². The normalized spacial score (nSPS) is 18.2. The summed E-state index contributed by atoms with van der Waals surface area (Å²) in [6, 6.07) is 0. The molecule has 1 rings (SSSR count). The third kappa shape index (κ3) is 13.1. The third-order valence-electron chi connectivity index (χ3n) is 1.91. The van der Waals surface area contributed by atoms with Crippen LogP contribution in [0.5, 0.6) is 0 Å². The molecule has 0 unspecified atom stereocenters. The standard InChI is InChI=1S/C11H16NO.F6P/c1-12(2)11(13-3)10-8-6-4-5-7-9-10;1-7(2,3,4,5)6/h4-10H,1-3H3;/q+1;-1. The monoisotopic (exact) mass is 323 g/mol. The van der Waals surface area contributed by atoms with Gasteiger partial charge in [-0.1, -0.05) is 36.5 Å². The molecule has 20 heavy (non-hydrogen) atoms. The molecule has 1 aliphatic carbocycles. The molecule has 9 heteroatoms. The van der Waals surface area contributed by atoms with E-state index in [1.54, 1.807) is 7.11 Å². The van der Waals surface area contributed by atoms with E-state index < -0.39 is 7.81 Å². The minimum atomic E-state index is -10.7. The fourth-order valence-electron chi connectivity index (χ4n) is 1.34. The molecule has 0 aromatic heterocycles. The van der Waals surface area contributed by atoms with Crippen LogP contribution in [0.3, 0.4) is 0 Å². The van der Waals surface area contributed by atoms with Crippen LogP contribution in [0.4, 0.5) is 25.2 Å². The van der Waals surface area contributed by atoms with Crippen molar-refractivity contribution in [1.29, 1.82) is 0 Å². The molecule has 0 aliphatic heterocycles. The van der Waals surface area contributed by atoms with Gasteiger partial charge in [0.05, 0.1) is 7.11 Å². The van der Waals surface area contributed by atoms with Crippen molar-refractivity contribution >= 4 is 13.7 Å². The van der Waals surface area contributed by atoms with Gasteiger partial charge in [-0.3, -0.25) is 0 Å². The zero-order chi connectivity index (χ0) is 16.1. The van der Waals surface area contributed by atoms with Crippen molar-refractivity contribution < 1.29 is 34.5 Å². The van der Waals surface area contributed by atoms with Crippen LogP contribution in [0, 0.1) is 5.92 Å². The van der Waals surface area contributed by atoms with Crippen molar-refractivity contribution in [2.75, 3.05) is 21.2 Å². The van der Waals surface area contributed by atoms with E-state index in [9.17, 15) is 25.2 Å². The molecule has 0 aromatic rings. The van der Waals surface area contributed by atoms with Crippen molar-refractivity contribution in [3.63, 3.8) is 0 Å². The van der Waals surface area contributed by atoms with E-state index in [4.69, 9.17) is 4.74 Å². The zero-order valence-corrected chi connectivity index (χ0v) is 12.0. The maximum atomic E-state index is 9.87. The summed E-state index contributed by atoms with van der Waals surface area (Å²) >= 11 is 0. The van der Waals surface area contributed by atoms with Gasteiger partial charge in [0.2, 0.25) is 0 Å². The molecule has 0 aromatic carbocycles. The van der Waals surface area contributed by atoms with Gasteiger partial charge in [-0.25, -0.2) is 4.58 Å². The third-order valence-corrected chi connectivity index (χ3v) is 1.91. The minimum absolute atomic E-state index is 0.245. The van der Waals surface area contributed by atoms with Gasteiger partial charge in [0, 0.05) is 0 Å². The summed E-state index contributed by atoms with van der Waals surface area (Å²) in [4.78, 5) is 0. The second-order valence-corrected chi connectivity index (χ2v) is 5.99. The zero-order valence-electron chi connectivity index (χ0n) is 11.1. The molecule has 0 saturated carbocycles. The van der Waals surface area contributed by atoms with Crippen molar-refractivity contribution in [2.24, 2.45) is 5.92 Å². The van der Waals surface area contributed by atoms with Gasteiger partial charge in [0.15, 0.2) is 0 Å². The Labute approximate surface area is 113 Å². The van der Waals surface area contributed by atoms with E-state index in [-0.39, 0.29) is 5.92 Å². The first-order valence-corrected chi connectivity index (χ1v) is 7.39. The average Bonchev–Trinajstić information content (AvgIpc) is 2.42. The quantitative estimate of drug-likeness (QED) is 0.218. The average molecular weight is 323 g/mol. The van der Waals surface area contributed by atoms with E-state index in [2.05, 4.69) is 12.2 Å². The van der Waals surface area contributed by atoms with E-state index >= 15 is 0 Å². The fraction of sp³-hybridized carbons (Fsp3) is 0.364. The van der Waals surface area contributed by atoms with Gasteiger partial charge in [-0.15, -0.1) is 0 Å². The van der Waals surface area contributed by atoms with Gasteiger partial charge >= 0.3 is 38.9 Å². The number of hydrogen-bond donors (Lipinski definition) is 0. The summed E-state index contributed by atoms with van der Waals surface area (Å²) in [7, 11) is -4.98. The summed E-state index contributed by atoms with van der Waals surface area (Å²) in [6.45, 7) is 0. The van der Waals surface area contributed by atoms with Crippen molar-refractivity contribution in [3.05, 3.63) is 36.5 Å². The van der Waals surface area contributed by atoms with E-state index in [1.807, 2.05) is 43.0 Å². The number of halogens is 6. The summed E-state index contributed by atoms with van der Waals surface area (Å²) in [5, 5.41) is 0. The molecule has 0 spiro atoms. The van der Waals surface area contributed by atoms with E-state index in [0.29, 0.717) is 0 Å². The van der Waals surface area contributed by atoms with Crippen LogP contribution in [0.15, 0.2) is 36.5 Å². The molecule has 1 aliphatic rings. The number of hydrogen-bond acceptors (Lipinski definition) is 1. The van der Waals surface area contributed by atoms with Crippen LogP contribution < -0.4 is 0 Å². The van der Waals surface area contributed by atoms with Crippen molar-refractivity contribution in [2.45, 2.75) is 0 Å². The summed E-state index contributed by atoms with van der Waals surface area (Å²) < 4.78 is 66.5. The van der Waals surface area contributed by atoms with Crippen LogP contribution in [0.25, 0.3) is 0 Å². The Morgan fingerprint density at radius 1 is 0.900 bits per heavy atom. The Morgan fingerprint density at radius 3 is 1.50 bits per heavy atom. The Bertz CT molecular complexity index is 429. The topological polar surface area (TPSA) is 12.2 Å². The Kier molecular flexibility index (Phi) is 5.23. The van der Waals surface area contributed by atoms with Crippen LogP contribution in [0.1, 0.15) is 0 Å². The molecule has 0 fully saturated rings. The molecule has 0 radical (unpaired) electrons. The summed E-state index contributed by atoms with van der Waals surface area (Å²) in [6.07, 6.45) is 12.3. The Morgan fingerprint density at radius 2 is 1.25 bits per heavy atom. The first-order valence-electron chi connectivity index (χ1n) is 5.37. The second kappa shape index (κ2) is 5.60. The van der Waals surface area contributed by atoms with Crippen LogP contribution in [-0.2, 0) is 4.74 Å². The number of ether oxygens (including phenoxy) is 1. The predicted molar refractivity (Wildman–Crippen MR) is 68.6 cm³/mol. The van der Waals surface area contributed by atoms with Crippen molar-refractivity contribution in [3.8, 4) is 0 Å². The van der Waals surface area contributed by atoms with Gasteiger partial charge in [-0.05, 0) is 0 Å². The second-order valence-electron chi connectivity index (χ2n) is 4.08. The number of nitrogens with zero attached hydrogens (tertiary/aromatic N) is 1. The maximum absolute atomic E-state index is 10.7. The summed E-state index contributed by atoms with van der Waals surface area (Å²) in [5.41, 5.74) is 0. The van der Waals surface area contributed by atoms with Crippen molar-refractivity contribution in [1.82, 2.24) is 0 Å². The predicted octanol–water partition coefficient (Wildman–Crippen LogP) is 4.98. The molecular weight excluding hydrogens is 307 g/mol. The molecule has 0 amide bonds. The van der Waals surface area contributed by atoms with Crippen LogP contribution in [0.2, 0.25) is 0 Å². The van der Waals surface area contributed by atoms with Crippen LogP contribution >= 0.6 is 7.81 Å². The van der Waals surface area contributed by atoms with E-state index in [1.165, 1.54) is 0 Å². The first-order chi connectivity index (χ1) is 8.70. The van der Waals surface area contributed by atoms with E-state index in [0.717, 1.165) is 5.90 Å². The van der Waals surface area contributed by atoms with Gasteiger partial charge in [-0.2, -0.15) is 0 Å². The first kappa shape index (κ1) is 18.7. The molecule has 0 N–H and O–H groups in total. The molecule has 118 valence electrons. The summed E-state index contributed by atoms with van der Waals surface area (Å²) in [5.74, 6) is 1.20. The molecule has 0 atom stereocenters. The number of methoxy groups -OCH3 is 1. The SMILES string of the molecule is COC(C1C=CC=CC=C1)=[N+](C)C.F[P-](F)(F)(F)(F)F. The van der Waals surface area contributed by atoms with Gasteiger partial charge < -0.3 is 4.74 Å². The molecule has 0 heterocycles. The molecule has 0 bridgehead atoms. The molecule has 2 nitrogen and oxygen atoms in total. The fourth-order valence-corrected chi connectivity index (χ4v) is 1.34. The van der Waals surface area contributed by atoms with Gasteiger partial charge in [0.1, 0.15) is 20.0 Å². The van der Waals surface area contributed by atoms with Crippen LogP contribution in [-0.4, -0.2) is 31.7 Å². The number of allylic oxidation sites excluding steroid dienone is 4. The Balaban J connectivity index is 0.000000441. The Hall–Kier alpha value is -1.30. The molecule has 0 saturated heterocycles.